The summed E-state index contributed by atoms with van der Waals surface area (Å²) in [6.07, 6.45) is 4.10. The molecule has 6 heteroatoms. The van der Waals surface area contributed by atoms with Crippen molar-refractivity contribution in [3.63, 3.8) is 0 Å². The minimum Gasteiger partial charge on any atom is -0.411 e. The molecule has 1 aromatic rings. The third kappa shape index (κ3) is 2.78. The minimum absolute atomic E-state index is 0.660. The quantitative estimate of drug-likeness (QED) is 0.301. The highest BCUT2D eigenvalue weighted by molar-refractivity contribution is 7.97. The molecule has 2 heterocycles. The van der Waals surface area contributed by atoms with Crippen LogP contribution in [0.4, 0.5) is 0 Å². The van der Waals surface area contributed by atoms with Gasteiger partial charge < -0.3 is 9.77 Å². The highest BCUT2D eigenvalue weighted by Gasteiger charge is 2.24. The number of halogens is 1. The molecule has 0 spiro atoms. The maximum atomic E-state index is 9.09. The lowest BCUT2D eigenvalue weighted by Crippen LogP contribution is -2.27. The van der Waals surface area contributed by atoms with Crippen LogP contribution in [0.5, 0.6) is 0 Å². The smallest absolute Gasteiger partial charge is 0.119 e. The van der Waals surface area contributed by atoms with Crippen LogP contribution in [0.3, 0.4) is 0 Å². The normalized spacial score (nSPS) is 18.6. The molecular formula is C11H16ClN3OS. The third-order valence-electron chi connectivity index (χ3n) is 2.73. The summed E-state index contributed by atoms with van der Waals surface area (Å²) < 4.78 is 4.21. The van der Waals surface area contributed by atoms with E-state index < -0.39 is 0 Å². The van der Waals surface area contributed by atoms with Gasteiger partial charge in [-0.05, 0) is 37.9 Å². The second-order valence-electron chi connectivity index (χ2n) is 4.04. The molecule has 0 saturated carbocycles. The number of alkyl halides is 1. The van der Waals surface area contributed by atoms with Gasteiger partial charge in [-0.1, -0.05) is 5.16 Å². The van der Waals surface area contributed by atoms with Crippen molar-refractivity contribution < 1.29 is 5.21 Å². The molecule has 0 atom stereocenters. The highest BCUT2D eigenvalue weighted by Crippen LogP contribution is 2.31. The summed E-state index contributed by atoms with van der Waals surface area (Å²) in [5, 5.41) is 12.5. The van der Waals surface area contributed by atoms with Gasteiger partial charge in [0.05, 0.1) is 17.1 Å². The van der Waals surface area contributed by atoms with Crippen molar-refractivity contribution >= 4 is 29.3 Å². The number of hydrogen-bond acceptors (Lipinski definition) is 4. The van der Waals surface area contributed by atoms with E-state index in [-0.39, 0.29) is 0 Å². The van der Waals surface area contributed by atoms with Crippen LogP contribution in [-0.2, 0) is 6.54 Å². The van der Waals surface area contributed by atoms with Crippen molar-refractivity contribution in [3.05, 3.63) is 18.0 Å². The number of oxime groups is 1. The van der Waals surface area contributed by atoms with E-state index in [0.717, 1.165) is 35.7 Å². The Labute approximate surface area is 110 Å². The first-order chi connectivity index (χ1) is 8.26. The van der Waals surface area contributed by atoms with Crippen LogP contribution < -0.4 is 0 Å². The van der Waals surface area contributed by atoms with Gasteiger partial charge in [-0.3, -0.25) is 0 Å². The van der Waals surface area contributed by atoms with E-state index in [1.54, 1.807) is 11.9 Å². The first-order valence-corrected chi connectivity index (χ1v) is 6.92. The highest BCUT2D eigenvalue weighted by atomic mass is 35.5. The molecule has 1 N–H and O–H groups in total. The Hall–Kier alpha value is -0.650. The summed E-state index contributed by atoms with van der Waals surface area (Å²) in [7, 11) is 1.99. The maximum absolute atomic E-state index is 9.09. The number of unbranched alkanes of at least 4 members (excludes halogenated alkanes) is 1. The number of hydrogen-bond donors (Lipinski definition) is 1. The lowest BCUT2D eigenvalue weighted by Gasteiger charge is -2.23. The number of fused-ring (bicyclic) bond motifs is 1. The van der Waals surface area contributed by atoms with Gasteiger partial charge >= 0.3 is 0 Å². The second kappa shape index (κ2) is 5.80. The van der Waals surface area contributed by atoms with Crippen molar-refractivity contribution in [2.75, 3.05) is 19.5 Å². The average Bonchev–Trinajstić information content (AvgIpc) is 2.71. The molecule has 17 heavy (non-hydrogen) atoms. The Bertz CT molecular complexity index is 419. The molecule has 2 rings (SSSR count). The van der Waals surface area contributed by atoms with Crippen molar-refractivity contribution in [1.29, 1.82) is 0 Å². The standard InChI is InChI=1S/C11H16ClN3OS/c1-14-8-9(13-16)11-10(17-14)4-7-15(11)6-3-2-5-12/h4,7,16H,2-3,5-6,8H2,1H3/b13-9+. The largest absolute Gasteiger partial charge is 0.411 e. The molecule has 1 aliphatic rings. The molecule has 0 amide bonds. The average molecular weight is 274 g/mol. The molecule has 0 radical (unpaired) electrons. The molecule has 0 bridgehead atoms. The molecule has 94 valence electrons. The van der Waals surface area contributed by atoms with Gasteiger partial charge in [0, 0.05) is 18.6 Å². The minimum atomic E-state index is 0.660. The van der Waals surface area contributed by atoms with Gasteiger partial charge in [-0.15, -0.1) is 11.6 Å². The van der Waals surface area contributed by atoms with Gasteiger partial charge in [0.2, 0.25) is 0 Å². The Morgan fingerprint density at radius 2 is 2.35 bits per heavy atom. The molecule has 4 nitrogen and oxygen atoms in total. The molecule has 0 aromatic carbocycles. The van der Waals surface area contributed by atoms with Gasteiger partial charge in [0.15, 0.2) is 0 Å². The Morgan fingerprint density at radius 3 is 3.06 bits per heavy atom. The van der Waals surface area contributed by atoms with Gasteiger partial charge in [-0.25, -0.2) is 4.31 Å². The van der Waals surface area contributed by atoms with Crippen LogP contribution in [0.1, 0.15) is 18.5 Å². The number of aromatic nitrogens is 1. The SMILES string of the molecule is CN1C/C(=N\O)c2c(ccn2CCCCCl)S1. The molecular weight excluding hydrogens is 258 g/mol. The van der Waals surface area contributed by atoms with Crippen LogP contribution in [0.25, 0.3) is 0 Å². The summed E-state index contributed by atoms with van der Waals surface area (Å²) in [6, 6.07) is 2.07. The van der Waals surface area contributed by atoms with Crippen LogP contribution in [0.2, 0.25) is 0 Å². The van der Waals surface area contributed by atoms with Crippen molar-refractivity contribution in [2.24, 2.45) is 5.16 Å². The molecule has 0 saturated heterocycles. The second-order valence-corrected chi connectivity index (χ2v) is 5.67. The Kier molecular flexibility index (Phi) is 4.36. The molecule has 0 aliphatic carbocycles. The number of nitrogens with zero attached hydrogens (tertiary/aromatic N) is 3. The fourth-order valence-electron chi connectivity index (χ4n) is 1.96. The number of likely N-dealkylation sites (N-methyl/N-ethyl adjacent to an activating group) is 1. The zero-order chi connectivity index (χ0) is 12.3. The van der Waals surface area contributed by atoms with E-state index in [0.29, 0.717) is 12.4 Å². The monoisotopic (exact) mass is 273 g/mol. The van der Waals surface area contributed by atoms with E-state index in [9.17, 15) is 0 Å². The zero-order valence-electron chi connectivity index (χ0n) is 9.77. The molecule has 1 aliphatic heterocycles. The summed E-state index contributed by atoms with van der Waals surface area (Å²) in [4.78, 5) is 1.15. The van der Waals surface area contributed by atoms with Gasteiger partial charge in [0.25, 0.3) is 0 Å². The summed E-state index contributed by atoms with van der Waals surface area (Å²) in [6.45, 7) is 1.58. The number of aryl methyl sites for hydroxylation is 1. The van der Waals surface area contributed by atoms with Crippen molar-refractivity contribution in [1.82, 2.24) is 8.87 Å². The Morgan fingerprint density at radius 1 is 1.53 bits per heavy atom. The van der Waals surface area contributed by atoms with Crippen LogP contribution in [-0.4, -0.2) is 39.3 Å². The molecule has 0 unspecified atom stereocenters. The summed E-state index contributed by atoms with van der Waals surface area (Å²) in [5.74, 6) is 0.696. The fourth-order valence-corrected chi connectivity index (χ4v) is 3.12. The maximum Gasteiger partial charge on any atom is 0.119 e. The predicted molar refractivity (Wildman–Crippen MR) is 71.2 cm³/mol. The van der Waals surface area contributed by atoms with E-state index >= 15 is 0 Å². The van der Waals surface area contributed by atoms with Gasteiger partial charge in [-0.2, -0.15) is 0 Å². The molecule has 0 fully saturated rings. The van der Waals surface area contributed by atoms with Crippen LogP contribution >= 0.6 is 23.5 Å². The topological polar surface area (TPSA) is 40.8 Å². The van der Waals surface area contributed by atoms with Crippen molar-refractivity contribution in [2.45, 2.75) is 24.3 Å². The third-order valence-corrected chi connectivity index (χ3v) is 3.96. The lowest BCUT2D eigenvalue weighted by atomic mass is 10.2. The lowest BCUT2D eigenvalue weighted by molar-refractivity contribution is 0.316. The fraction of sp³-hybridized carbons (Fsp3) is 0.545. The van der Waals surface area contributed by atoms with E-state index in [1.165, 1.54) is 0 Å². The predicted octanol–water partition coefficient (Wildman–Crippen LogP) is 2.64. The van der Waals surface area contributed by atoms with E-state index in [1.807, 2.05) is 7.05 Å². The first kappa shape index (κ1) is 12.8. The molecule has 1 aromatic heterocycles. The first-order valence-electron chi connectivity index (χ1n) is 5.61. The van der Waals surface area contributed by atoms with Crippen molar-refractivity contribution in [3.8, 4) is 0 Å². The summed E-state index contributed by atoms with van der Waals surface area (Å²) in [5.41, 5.74) is 1.78. The summed E-state index contributed by atoms with van der Waals surface area (Å²) >= 11 is 7.36. The van der Waals surface area contributed by atoms with Crippen LogP contribution in [0.15, 0.2) is 22.3 Å². The number of rotatable bonds is 4. The van der Waals surface area contributed by atoms with E-state index in [2.05, 4.69) is 26.3 Å². The van der Waals surface area contributed by atoms with Crippen LogP contribution in [0, 0.1) is 0 Å². The van der Waals surface area contributed by atoms with Gasteiger partial charge in [0.1, 0.15) is 5.71 Å². The zero-order valence-corrected chi connectivity index (χ0v) is 11.3. The van der Waals surface area contributed by atoms with E-state index in [4.69, 9.17) is 16.8 Å². The Balaban J connectivity index is 2.20.